The van der Waals surface area contributed by atoms with Crippen molar-refractivity contribution in [2.45, 2.75) is 43.4 Å². The molecule has 3 N–H and O–H groups in total. The van der Waals surface area contributed by atoms with Crippen LogP contribution in [0.25, 0.3) is 11.2 Å². The van der Waals surface area contributed by atoms with Crippen molar-refractivity contribution < 1.29 is 19.7 Å². The molecule has 4 rings (SSSR count). The number of methoxy groups -OCH3 is 1. The topological polar surface area (TPSA) is 115 Å². The molecule has 9 heteroatoms. The van der Waals surface area contributed by atoms with Crippen LogP contribution in [0.5, 0.6) is 0 Å². The number of nitrogens with one attached hydrogen (secondary N) is 1. The molecule has 23 heavy (non-hydrogen) atoms. The SMILES string of the molecule is CO[C@@H]1[C@H](O)[C@@H](CO)O[C@H]1n1cnc2c(NC3CC3)ncnc21. The Morgan fingerprint density at radius 3 is 2.91 bits per heavy atom. The number of aliphatic hydroxyl groups excluding tert-OH is 2. The lowest BCUT2D eigenvalue weighted by Crippen LogP contribution is -2.34. The number of hydrogen-bond donors (Lipinski definition) is 3. The van der Waals surface area contributed by atoms with Crippen molar-refractivity contribution in [3.63, 3.8) is 0 Å². The Morgan fingerprint density at radius 2 is 2.22 bits per heavy atom. The Bertz CT molecular complexity index is 704. The summed E-state index contributed by atoms with van der Waals surface area (Å²) in [6, 6.07) is 0.452. The van der Waals surface area contributed by atoms with E-state index in [-0.39, 0.29) is 6.61 Å². The minimum absolute atomic E-state index is 0.284. The van der Waals surface area contributed by atoms with Crippen LogP contribution in [0.15, 0.2) is 12.7 Å². The maximum atomic E-state index is 10.2. The molecule has 0 spiro atoms. The van der Waals surface area contributed by atoms with Crippen molar-refractivity contribution >= 4 is 17.0 Å². The second kappa shape index (κ2) is 5.68. The maximum absolute atomic E-state index is 10.2. The first-order valence-corrected chi connectivity index (χ1v) is 7.64. The van der Waals surface area contributed by atoms with Crippen molar-refractivity contribution in [1.29, 1.82) is 0 Å². The third-order valence-corrected chi connectivity index (χ3v) is 4.32. The zero-order chi connectivity index (χ0) is 16.0. The highest BCUT2D eigenvalue weighted by atomic mass is 16.6. The molecule has 2 aromatic rings. The standard InChI is InChI=1S/C14H19N5O4/c1-22-11-10(21)8(4-20)23-14(11)19-6-17-9-12(18-7-2-3-7)15-5-16-13(9)19/h5-8,10-11,14,20-21H,2-4H2,1H3,(H,15,16,18)/t8-,10-,11-,14-/m1/s1. The lowest BCUT2D eigenvalue weighted by molar-refractivity contribution is -0.0583. The summed E-state index contributed by atoms with van der Waals surface area (Å²) in [5.74, 6) is 0.697. The summed E-state index contributed by atoms with van der Waals surface area (Å²) in [5.41, 5.74) is 1.25. The van der Waals surface area contributed by atoms with Crippen molar-refractivity contribution in [2.75, 3.05) is 19.0 Å². The van der Waals surface area contributed by atoms with Crippen LogP contribution in [0.1, 0.15) is 19.1 Å². The predicted octanol–water partition coefficient (Wildman–Crippen LogP) is -0.334. The number of nitrogens with zero attached hydrogens (tertiary/aromatic N) is 4. The Labute approximate surface area is 132 Å². The number of hydrogen-bond acceptors (Lipinski definition) is 8. The zero-order valence-corrected chi connectivity index (χ0v) is 12.7. The van der Waals surface area contributed by atoms with Crippen molar-refractivity contribution in [2.24, 2.45) is 0 Å². The summed E-state index contributed by atoms with van der Waals surface area (Å²) < 4.78 is 12.8. The van der Waals surface area contributed by atoms with Gasteiger partial charge in [-0.3, -0.25) is 4.57 Å². The molecular formula is C14H19N5O4. The van der Waals surface area contributed by atoms with Crippen LogP contribution in [-0.4, -0.2) is 67.8 Å². The number of ether oxygens (including phenoxy) is 2. The van der Waals surface area contributed by atoms with Crippen LogP contribution in [0.2, 0.25) is 0 Å². The van der Waals surface area contributed by atoms with E-state index in [1.807, 2.05) is 0 Å². The monoisotopic (exact) mass is 321 g/mol. The number of anilines is 1. The van der Waals surface area contributed by atoms with Crippen molar-refractivity contribution in [3.8, 4) is 0 Å². The molecule has 0 aromatic carbocycles. The Balaban J connectivity index is 1.71. The third-order valence-electron chi connectivity index (χ3n) is 4.32. The molecule has 1 saturated heterocycles. The Morgan fingerprint density at radius 1 is 1.39 bits per heavy atom. The average Bonchev–Trinajstić information content (AvgIpc) is 3.17. The van der Waals surface area contributed by atoms with Crippen LogP contribution in [0, 0.1) is 0 Å². The van der Waals surface area contributed by atoms with Crippen molar-refractivity contribution in [1.82, 2.24) is 19.5 Å². The zero-order valence-electron chi connectivity index (χ0n) is 12.7. The normalized spacial score (nSPS) is 30.9. The van der Waals surface area contributed by atoms with Gasteiger partial charge in [0, 0.05) is 13.2 Å². The van der Waals surface area contributed by atoms with E-state index >= 15 is 0 Å². The van der Waals surface area contributed by atoms with E-state index in [9.17, 15) is 10.2 Å². The van der Waals surface area contributed by atoms with E-state index in [1.165, 1.54) is 13.4 Å². The second-order valence-corrected chi connectivity index (χ2v) is 5.90. The highest BCUT2D eigenvalue weighted by Crippen LogP contribution is 2.34. The number of fused-ring (bicyclic) bond motifs is 1. The van der Waals surface area contributed by atoms with Crippen LogP contribution in [0.3, 0.4) is 0 Å². The molecule has 3 heterocycles. The van der Waals surface area contributed by atoms with Gasteiger partial charge < -0.3 is 25.0 Å². The van der Waals surface area contributed by atoms with Gasteiger partial charge in [0.1, 0.15) is 24.6 Å². The molecule has 124 valence electrons. The van der Waals surface area contributed by atoms with Gasteiger partial charge in [0.05, 0.1) is 12.9 Å². The summed E-state index contributed by atoms with van der Waals surface area (Å²) >= 11 is 0. The first-order chi connectivity index (χ1) is 11.2. The van der Waals surface area contributed by atoms with Gasteiger partial charge in [-0.1, -0.05) is 0 Å². The molecular weight excluding hydrogens is 302 g/mol. The summed E-state index contributed by atoms with van der Waals surface area (Å²) in [7, 11) is 1.50. The molecule has 0 bridgehead atoms. The van der Waals surface area contributed by atoms with Crippen LogP contribution in [-0.2, 0) is 9.47 Å². The fourth-order valence-electron chi connectivity index (χ4n) is 2.91. The minimum Gasteiger partial charge on any atom is -0.394 e. The molecule has 1 aliphatic heterocycles. The molecule has 2 aliphatic rings. The molecule has 1 saturated carbocycles. The highest BCUT2D eigenvalue weighted by molar-refractivity contribution is 5.83. The maximum Gasteiger partial charge on any atom is 0.167 e. The Hall–Kier alpha value is -1.81. The molecule has 4 atom stereocenters. The molecule has 0 unspecified atom stereocenters. The minimum atomic E-state index is -0.918. The predicted molar refractivity (Wildman–Crippen MR) is 79.8 cm³/mol. The molecule has 9 nitrogen and oxygen atoms in total. The van der Waals surface area contributed by atoms with Gasteiger partial charge in [0.15, 0.2) is 23.2 Å². The average molecular weight is 321 g/mol. The van der Waals surface area contributed by atoms with E-state index in [2.05, 4.69) is 20.3 Å². The van der Waals surface area contributed by atoms with E-state index in [0.717, 1.165) is 12.8 Å². The second-order valence-electron chi connectivity index (χ2n) is 5.90. The lowest BCUT2D eigenvalue weighted by Gasteiger charge is -2.19. The van der Waals surface area contributed by atoms with Crippen LogP contribution >= 0.6 is 0 Å². The summed E-state index contributed by atoms with van der Waals surface area (Å²) in [6.45, 7) is -0.284. The fourth-order valence-corrected chi connectivity index (χ4v) is 2.91. The fraction of sp³-hybridized carbons (Fsp3) is 0.643. The van der Waals surface area contributed by atoms with Crippen molar-refractivity contribution in [3.05, 3.63) is 12.7 Å². The lowest BCUT2D eigenvalue weighted by atomic mass is 10.1. The summed E-state index contributed by atoms with van der Waals surface area (Å²) in [5, 5.41) is 22.8. The van der Waals surface area contributed by atoms with Gasteiger partial charge >= 0.3 is 0 Å². The number of imidazole rings is 1. The third kappa shape index (κ3) is 2.45. The van der Waals surface area contributed by atoms with E-state index in [0.29, 0.717) is 23.0 Å². The first-order valence-electron chi connectivity index (χ1n) is 7.64. The molecule has 2 aromatic heterocycles. The van der Waals surface area contributed by atoms with Gasteiger partial charge in [-0.15, -0.1) is 0 Å². The van der Waals surface area contributed by atoms with Crippen LogP contribution < -0.4 is 5.32 Å². The van der Waals surface area contributed by atoms with E-state index < -0.39 is 24.5 Å². The van der Waals surface area contributed by atoms with Gasteiger partial charge in [-0.05, 0) is 12.8 Å². The summed E-state index contributed by atoms with van der Waals surface area (Å²) in [6.07, 6.45) is 2.50. The smallest absolute Gasteiger partial charge is 0.167 e. The van der Waals surface area contributed by atoms with Gasteiger partial charge in [0.2, 0.25) is 0 Å². The molecule has 1 aliphatic carbocycles. The molecule has 2 fully saturated rings. The Kier molecular flexibility index (Phi) is 3.64. The van der Waals surface area contributed by atoms with Gasteiger partial charge in [-0.2, -0.15) is 0 Å². The number of rotatable bonds is 5. The quantitative estimate of drug-likeness (QED) is 0.685. The van der Waals surface area contributed by atoms with E-state index in [1.54, 1.807) is 10.9 Å². The molecule has 0 amide bonds. The molecule has 0 radical (unpaired) electrons. The van der Waals surface area contributed by atoms with Crippen LogP contribution in [0.4, 0.5) is 5.82 Å². The number of aliphatic hydroxyl groups is 2. The largest absolute Gasteiger partial charge is 0.394 e. The highest BCUT2D eigenvalue weighted by Gasteiger charge is 2.45. The van der Waals surface area contributed by atoms with Gasteiger partial charge in [-0.25, -0.2) is 15.0 Å². The van der Waals surface area contributed by atoms with Gasteiger partial charge in [0.25, 0.3) is 0 Å². The summed E-state index contributed by atoms with van der Waals surface area (Å²) in [4.78, 5) is 12.9. The van der Waals surface area contributed by atoms with E-state index in [4.69, 9.17) is 9.47 Å². The first kappa shape index (κ1) is 14.8. The number of aromatic nitrogens is 4.